The number of anilines is 2. The lowest BCUT2D eigenvalue weighted by atomic mass is 10.1. The second kappa shape index (κ2) is 9.85. The van der Waals surface area contributed by atoms with Crippen molar-refractivity contribution >= 4 is 28.2 Å². The van der Waals surface area contributed by atoms with E-state index in [1.165, 1.54) is 0 Å². The fourth-order valence-electron chi connectivity index (χ4n) is 4.02. The average molecular weight is 442 g/mol. The van der Waals surface area contributed by atoms with E-state index in [0.717, 1.165) is 60.8 Å². The van der Waals surface area contributed by atoms with E-state index in [4.69, 9.17) is 4.74 Å². The van der Waals surface area contributed by atoms with Crippen LogP contribution in [0.4, 0.5) is 11.4 Å². The summed E-state index contributed by atoms with van der Waals surface area (Å²) in [5.74, 6) is -0.0759. The van der Waals surface area contributed by atoms with Crippen molar-refractivity contribution in [3.05, 3.63) is 84.6 Å². The van der Waals surface area contributed by atoms with E-state index in [1.54, 1.807) is 0 Å². The molecule has 1 saturated heterocycles. The number of carbonyl (C=O) groups excluding carboxylic acids is 1. The predicted molar refractivity (Wildman–Crippen MR) is 130 cm³/mol. The van der Waals surface area contributed by atoms with Crippen LogP contribution in [0.2, 0.25) is 0 Å². The van der Waals surface area contributed by atoms with Crippen LogP contribution in [0.25, 0.3) is 16.6 Å². The van der Waals surface area contributed by atoms with Gasteiger partial charge < -0.3 is 15.4 Å². The molecule has 0 bridgehead atoms. The van der Waals surface area contributed by atoms with Gasteiger partial charge >= 0.3 is 0 Å². The van der Waals surface area contributed by atoms with Gasteiger partial charge in [-0.3, -0.25) is 9.69 Å². The van der Waals surface area contributed by atoms with Gasteiger partial charge in [0.05, 0.1) is 30.6 Å². The van der Waals surface area contributed by atoms with Crippen molar-refractivity contribution in [1.29, 1.82) is 0 Å². The minimum absolute atomic E-state index is 0.0759. The third-order valence-electron chi connectivity index (χ3n) is 5.80. The fraction of sp³-hybridized carbons (Fsp3) is 0.231. The number of amides is 1. The van der Waals surface area contributed by atoms with Crippen LogP contribution < -0.4 is 10.6 Å². The third-order valence-corrected chi connectivity index (χ3v) is 5.80. The maximum Gasteiger partial charge on any atom is 0.251 e. The third kappa shape index (κ3) is 5.05. The van der Waals surface area contributed by atoms with Crippen molar-refractivity contribution in [2.75, 3.05) is 44.7 Å². The van der Waals surface area contributed by atoms with Crippen molar-refractivity contribution in [1.82, 2.24) is 20.0 Å². The SMILES string of the molecule is O=C(NCCN1CCOCC1)c1cccc(-n2ncc3ccc(Nc4ccccc4)cc32)c1. The van der Waals surface area contributed by atoms with Crippen LogP contribution in [0, 0.1) is 0 Å². The number of nitrogens with zero attached hydrogens (tertiary/aromatic N) is 3. The molecule has 4 aromatic rings. The zero-order valence-electron chi connectivity index (χ0n) is 18.4. The second-order valence-corrected chi connectivity index (χ2v) is 8.08. The Kier molecular flexibility index (Phi) is 6.32. The van der Waals surface area contributed by atoms with Gasteiger partial charge in [-0.15, -0.1) is 0 Å². The maximum absolute atomic E-state index is 12.7. The normalized spacial score (nSPS) is 14.3. The van der Waals surface area contributed by atoms with E-state index in [9.17, 15) is 4.79 Å². The zero-order chi connectivity index (χ0) is 22.5. The number of morpholine rings is 1. The number of benzene rings is 3. The number of hydrogen-bond donors (Lipinski definition) is 2. The molecule has 1 aromatic heterocycles. The fourth-order valence-corrected chi connectivity index (χ4v) is 4.02. The van der Waals surface area contributed by atoms with Crippen LogP contribution in [0.3, 0.4) is 0 Å². The van der Waals surface area contributed by atoms with Crippen LogP contribution in [0.1, 0.15) is 10.4 Å². The van der Waals surface area contributed by atoms with E-state index in [2.05, 4.69) is 26.7 Å². The Morgan fingerprint density at radius 1 is 0.939 bits per heavy atom. The highest BCUT2D eigenvalue weighted by atomic mass is 16.5. The van der Waals surface area contributed by atoms with Gasteiger partial charge in [-0.25, -0.2) is 4.68 Å². The van der Waals surface area contributed by atoms with E-state index < -0.39 is 0 Å². The zero-order valence-corrected chi connectivity index (χ0v) is 18.4. The first-order valence-corrected chi connectivity index (χ1v) is 11.2. The lowest BCUT2D eigenvalue weighted by Crippen LogP contribution is -2.41. The van der Waals surface area contributed by atoms with Gasteiger partial charge in [-0.1, -0.05) is 24.3 Å². The highest BCUT2D eigenvalue weighted by Gasteiger charge is 2.12. The number of para-hydroxylation sites is 1. The highest BCUT2D eigenvalue weighted by Crippen LogP contribution is 2.24. The first-order chi connectivity index (χ1) is 16.3. The van der Waals surface area contributed by atoms with Crippen molar-refractivity contribution in [2.45, 2.75) is 0 Å². The first kappa shape index (κ1) is 21.2. The van der Waals surface area contributed by atoms with Crippen molar-refractivity contribution in [2.24, 2.45) is 0 Å². The highest BCUT2D eigenvalue weighted by molar-refractivity contribution is 5.95. The number of fused-ring (bicyclic) bond motifs is 1. The summed E-state index contributed by atoms with van der Waals surface area (Å²) in [5, 5.41) is 12.1. The Labute approximate surface area is 193 Å². The molecular formula is C26H27N5O2. The van der Waals surface area contributed by atoms with E-state index in [-0.39, 0.29) is 5.91 Å². The molecule has 1 fully saturated rings. The van der Waals surface area contributed by atoms with Gasteiger partial charge in [0.25, 0.3) is 5.91 Å². The molecule has 0 aliphatic carbocycles. The number of aromatic nitrogens is 2. The lowest BCUT2D eigenvalue weighted by Gasteiger charge is -2.26. The van der Waals surface area contributed by atoms with Gasteiger partial charge in [0.1, 0.15) is 0 Å². The summed E-state index contributed by atoms with van der Waals surface area (Å²) in [6.45, 7) is 4.79. The minimum atomic E-state index is -0.0759. The van der Waals surface area contributed by atoms with Crippen molar-refractivity contribution < 1.29 is 9.53 Å². The number of hydrogen-bond acceptors (Lipinski definition) is 5. The molecular weight excluding hydrogens is 414 g/mol. The quantitative estimate of drug-likeness (QED) is 0.456. The summed E-state index contributed by atoms with van der Waals surface area (Å²) >= 11 is 0. The molecule has 1 aliphatic rings. The molecule has 2 N–H and O–H groups in total. The van der Waals surface area contributed by atoms with Crippen molar-refractivity contribution in [3.63, 3.8) is 0 Å². The number of rotatable bonds is 7. The molecule has 168 valence electrons. The molecule has 0 saturated carbocycles. The standard InChI is InChI=1S/C26H27N5O2/c32-26(27-11-12-30-13-15-33-16-14-30)20-5-4-8-24(17-20)31-25-18-23(10-9-21(25)19-28-31)29-22-6-2-1-3-7-22/h1-10,17-19,29H,11-16H2,(H,27,32). The van der Waals surface area contributed by atoms with Crippen LogP contribution >= 0.6 is 0 Å². The Hall–Kier alpha value is -3.68. The van der Waals surface area contributed by atoms with Gasteiger partial charge in [0.2, 0.25) is 0 Å². The van der Waals surface area contributed by atoms with Crippen LogP contribution in [0.5, 0.6) is 0 Å². The summed E-state index contributed by atoms with van der Waals surface area (Å²) in [6, 6.07) is 23.8. The largest absolute Gasteiger partial charge is 0.379 e. The molecule has 33 heavy (non-hydrogen) atoms. The van der Waals surface area contributed by atoms with E-state index in [0.29, 0.717) is 12.1 Å². The van der Waals surface area contributed by atoms with Gasteiger partial charge in [0, 0.05) is 48.5 Å². The Morgan fingerprint density at radius 3 is 2.64 bits per heavy atom. The van der Waals surface area contributed by atoms with Crippen LogP contribution in [-0.4, -0.2) is 60.0 Å². The maximum atomic E-state index is 12.7. The molecule has 1 aliphatic heterocycles. The summed E-state index contributed by atoms with van der Waals surface area (Å²) in [6.07, 6.45) is 1.84. The topological polar surface area (TPSA) is 71.4 Å². The summed E-state index contributed by atoms with van der Waals surface area (Å²) in [5.41, 5.74) is 4.45. The molecule has 0 radical (unpaired) electrons. The number of carbonyl (C=O) groups is 1. The summed E-state index contributed by atoms with van der Waals surface area (Å²) in [7, 11) is 0. The van der Waals surface area contributed by atoms with Crippen LogP contribution in [-0.2, 0) is 4.74 Å². The van der Waals surface area contributed by atoms with Crippen LogP contribution in [0.15, 0.2) is 79.0 Å². The molecule has 0 unspecified atom stereocenters. The number of nitrogens with one attached hydrogen (secondary N) is 2. The first-order valence-electron chi connectivity index (χ1n) is 11.2. The number of ether oxygens (including phenoxy) is 1. The van der Waals surface area contributed by atoms with E-state index in [1.807, 2.05) is 77.6 Å². The Balaban J connectivity index is 1.31. The monoisotopic (exact) mass is 441 g/mol. The molecule has 7 nitrogen and oxygen atoms in total. The van der Waals surface area contributed by atoms with E-state index >= 15 is 0 Å². The second-order valence-electron chi connectivity index (χ2n) is 8.08. The molecule has 2 heterocycles. The predicted octanol–water partition coefficient (Wildman–Crippen LogP) is 3.83. The molecule has 1 amide bonds. The molecule has 3 aromatic carbocycles. The Bertz CT molecular complexity index is 1230. The average Bonchev–Trinajstić information content (AvgIpc) is 3.29. The lowest BCUT2D eigenvalue weighted by molar-refractivity contribution is 0.0383. The van der Waals surface area contributed by atoms with Gasteiger partial charge in [-0.05, 0) is 48.5 Å². The smallest absolute Gasteiger partial charge is 0.251 e. The minimum Gasteiger partial charge on any atom is -0.379 e. The Morgan fingerprint density at radius 2 is 1.79 bits per heavy atom. The van der Waals surface area contributed by atoms with Crippen molar-refractivity contribution in [3.8, 4) is 5.69 Å². The molecule has 0 atom stereocenters. The van der Waals surface area contributed by atoms with Gasteiger partial charge in [0.15, 0.2) is 0 Å². The molecule has 0 spiro atoms. The summed E-state index contributed by atoms with van der Waals surface area (Å²) < 4.78 is 7.24. The molecule has 7 heteroatoms. The molecule has 5 rings (SSSR count). The van der Waals surface area contributed by atoms with Gasteiger partial charge in [-0.2, -0.15) is 5.10 Å². The summed E-state index contributed by atoms with van der Waals surface area (Å²) in [4.78, 5) is 15.0.